The molecule has 0 bridgehead atoms. The molecule has 0 unspecified atom stereocenters. The monoisotopic (exact) mass is 484 g/mol. The molecule has 1 fully saturated rings. The second kappa shape index (κ2) is 10.9. The first-order chi connectivity index (χ1) is 16.1. The topological polar surface area (TPSA) is 67.1 Å². The molecule has 0 N–H and O–H groups in total. The van der Waals surface area contributed by atoms with Crippen LogP contribution in [0.5, 0.6) is 5.75 Å². The maximum absolute atomic E-state index is 12.6. The lowest BCUT2D eigenvalue weighted by atomic mass is 10.2. The second-order valence-corrected chi connectivity index (χ2v) is 9.66. The third kappa shape index (κ3) is 5.59. The minimum absolute atomic E-state index is 0.0816. The number of amides is 2. The van der Waals surface area contributed by atoms with Gasteiger partial charge in [-0.15, -0.1) is 11.8 Å². The van der Waals surface area contributed by atoms with Crippen LogP contribution in [0.3, 0.4) is 0 Å². The first kappa shape index (κ1) is 23.4. The number of aromatic nitrogens is 1. The molecule has 1 aromatic heterocycles. The molecule has 2 heterocycles. The summed E-state index contributed by atoms with van der Waals surface area (Å²) >= 11 is 2.81. The van der Waals surface area contributed by atoms with Crippen molar-refractivity contribution >= 4 is 50.8 Å². The fraction of sp³-hybridized carbons (Fsp3) is 0.375. The zero-order valence-electron chi connectivity index (χ0n) is 18.9. The molecule has 1 aliphatic heterocycles. The molecule has 4 rings (SSSR count). The summed E-state index contributed by atoms with van der Waals surface area (Å²) in [6.07, 6.45) is 0. The van der Waals surface area contributed by atoms with Crippen molar-refractivity contribution in [3.05, 3.63) is 53.3 Å². The van der Waals surface area contributed by atoms with Crippen LogP contribution in [0, 0.1) is 0 Å². The van der Waals surface area contributed by atoms with Crippen LogP contribution in [0.2, 0.25) is 0 Å². The highest BCUT2D eigenvalue weighted by Crippen LogP contribution is 2.23. The molecule has 0 aliphatic carbocycles. The number of carbonyl (C=O) groups is 2. The third-order valence-electron chi connectivity index (χ3n) is 5.63. The van der Waals surface area contributed by atoms with Gasteiger partial charge in [0.1, 0.15) is 5.75 Å². The van der Waals surface area contributed by atoms with Crippen molar-refractivity contribution in [1.29, 1.82) is 0 Å². The van der Waals surface area contributed by atoms with E-state index in [9.17, 15) is 9.59 Å². The van der Waals surface area contributed by atoms with Crippen LogP contribution in [0.4, 0.5) is 5.69 Å². The lowest BCUT2D eigenvalue weighted by Gasteiger charge is -2.36. The van der Waals surface area contributed by atoms with Gasteiger partial charge in [-0.05, 0) is 37.3 Å². The quantitative estimate of drug-likeness (QED) is 0.515. The number of fused-ring (bicyclic) bond motifs is 1. The first-order valence-corrected chi connectivity index (χ1v) is 13.0. The second-order valence-electron chi connectivity index (χ2n) is 7.66. The average Bonchev–Trinajstić information content (AvgIpc) is 3.20. The van der Waals surface area contributed by atoms with Gasteiger partial charge in [-0.25, -0.2) is 0 Å². The minimum atomic E-state index is -0.220. The maximum Gasteiger partial charge on any atom is 0.258 e. The highest BCUT2D eigenvalue weighted by Gasteiger charge is 2.21. The van der Waals surface area contributed by atoms with Gasteiger partial charge in [-0.3, -0.25) is 9.59 Å². The van der Waals surface area contributed by atoms with Gasteiger partial charge < -0.3 is 19.1 Å². The van der Waals surface area contributed by atoms with Gasteiger partial charge in [-0.1, -0.05) is 29.5 Å². The van der Waals surface area contributed by atoms with Crippen molar-refractivity contribution in [1.82, 2.24) is 9.47 Å². The van der Waals surface area contributed by atoms with E-state index >= 15 is 0 Å². The zero-order valence-corrected chi connectivity index (χ0v) is 20.5. The number of aryl methyl sites for hydroxylation is 1. The summed E-state index contributed by atoms with van der Waals surface area (Å²) in [6.45, 7) is 5.80. The Morgan fingerprint density at radius 1 is 1.06 bits per heavy atom. The fourth-order valence-electron chi connectivity index (χ4n) is 3.88. The number of thioether (sulfide) groups is 1. The van der Waals surface area contributed by atoms with Crippen LogP contribution in [-0.2, 0) is 16.1 Å². The Labute approximate surface area is 201 Å². The molecule has 9 heteroatoms. The lowest BCUT2D eigenvalue weighted by Crippen LogP contribution is -2.49. The van der Waals surface area contributed by atoms with Crippen molar-refractivity contribution in [3.63, 3.8) is 0 Å². The van der Waals surface area contributed by atoms with E-state index in [2.05, 4.69) is 22.0 Å². The van der Waals surface area contributed by atoms with Crippen LogP contribution >= 0.6 is 23.1 Å². The number of thiazole rings is 1. The number of para-hydroxylation sites is 1. The standard InChI is InChI=1S/C24H28N4O3S2/c1-3-28-20-10-9-19(31-2)15-21(20)33-24(28)25-22(29)16-32-17-23(30)27-13-11-26(12-14-27)18-7-5-4-6-8-18/h4-10,15H,3,11-14,16-17H2,1-2H3. The maximum atomic E-state index is 12.6. The zero-order chi connectivity index (χ0) is 23.2. The molecule has 0 spiro atoms. The van der Waals surface area contributed by atoms with E-state index in [1.165, 1.54) is 28.8 Å². The molecule has 2 aromatic carbocycles. The van der Waals surface area contributed by atoms with Crippen molar-refractivity contribution in [2.24, 2.45) is 4.99 Å². The third-order valence-corrected chi connectivity index (χ3v) is 7.57. The van der Waals surface area contributed by atoms with E-state index in [1.807, 2.05) is 52.8 Å². The Bertz CT molecular complexity index is 1180. The van der Waals surface area contributed by atoms with Crippen LogP contribution in [0.15, 0.2) is 53.5 Å². The molecule has 1 saturated heterocycles. The summed E-state index contributed by atoms with van der Waals surface area (Å²) < 4.78 is 8.35. The molecule has 2 amide bonds. The van der Waals surface area contributed by atoms with Gasteiger partial charge in [0.25, 0.3) is 5.91 Å². The van der Waals surface area contributed by atoms with E-state index in [4.69, 9.17) is 4.74 Å². The van der Waals surface area contributed by atoms with Gasteiger partial charge in [0.2, 0.25) is 5.91 Å². The molecule has 0 radical (unpaired) electrons. The van der Waals surface area contributed by atoms with Crippen molar-refractivity contribution in [2.75, 3.05) is 49.7 Å². The Morgan fingerprint density at radius 3 is 2.52 bits per heavy atom. The average molecular weight is 485 g/mol. The van der Waals surface area contributed by atoms with Gasteiger partial charge in [0.15, 0.2) is 4.80 Å². The number of rotatable bonds is 7. The highest BCUT2D eigenvalue weighted by molar-refractivity contribution is 8.00. The van der Waals surface area contributed by atoms with E-state index in [0.29, 0.717) is 23.6 Å². The molecular formula is C24H28N4O3S2. The molecule has 33 heavy (non-hydrogen) atoms. The molecule has 0 atom stereocenters. The summed E-state index contributed by atoms with van der Waals surface area (Å²) in [5.74, 6) is 1.13. The van der Waals surface area contributed by atoms with Crippen molar-refractivity contribution < 1.29 is 14.3 Å². The molecule has 7 nitrogen and oxygen atoms in total. The van der Waals surface area contributed by atoms with Crippen molar-refractivity contribution in [3.8, 4) is 5.75 Å². The van der Waals surface area contributed by atoms with E-state index in [1.54, 1.807) is 7.11 Å². The molecule has 0 saturated carbocycles. The highest BCUT2D eigenvalue weighted by atomic mass is 32.2. The Morgan fingerprint density at radius 2 is 1.82 bits per heavy atom. The predicted molar refractivity (Wildman–Crippen MR) is 135 cm³/mol. The Hall–Kier alpha value is -2.78. The smallest absolute Gasteiger partial charge is 0.258 e. The summed E-state index contributed by atoms with van der Waals surface area (Å²) in [5, 5.41) is 0. The van der Waals surface area contributed by atoms with E-state index in [0.717, 1.165) is 35.6 Å². The van der Waals surface area contributed by atoms with Gasteiger partial charge >= 0.3 is 0 Å². The number of hydrogen-bond donors (Lipinski definition) is 0. The Kier molecular flexibility index (Phi) is 7.72. The molecule has 174 valence electrons. The number of ether oxygens (including phenoxy) is 1. The number of methoxy groups -OCH3 is 1. The summed E-state index contributed by atoms with van der Waals surface area (Å²) in [7, 11) is 1.64. The number of nitrogens with zero attached hydrogens (tertiary/aromatic N) is 4. The van der Waals surface area contributed by atoms with E-state index in [-0.39, 0.29) is 17.6 Å². The van der Waals surface area contributed by atoms with Gasteiger partial charge in [-0.2, -0.15) is 4.99 Å². The molecular weight excluding hydrogens is 456 g/mol. The van der Waals surface area contributed by atoms with Crippen LogP contribution in [0.1, 0.15) is 6.92 Å². The SMILES string of the molecule is CCn1c(=NC(=O)CSCC(=O)N2CCN(c3ccccc3)CC2)sc2cc(OC)ccc21. The summed E-state index contributed by atoms with van der Waals surface area (Å²) in [4.78, 5) is 34.3. The van der Waals surface area contributed by atoms with Gasteiger partial charge in [0.05, 0.1) is 28.8 Å². The number of carbonyl (C=O) groups excluding carboxylic acids is 2. The summed E-state index contributed by atoms with van der Waals surface area (Å²) in [6, 6.07) is 16.1. The number of anilines is 1. The van der Waals surface area contributed by atoms with Crippen LogP contribution in [0.25, 0.3) is 10.2 Å². The van der Waals surface area contributed by atoms with Gasteiger partial charge in [0, 0.05) is 38.4 Å². The van der Waals surface area contributed by atoms with Crippen LogP contribution < -0.4 is 14.4 Å². The molecule has 1 aliphatic rings. The minimum Gasteiger partial charge on any atom is -0.497 e. The number of piperazine rings is 1. The van der Waals surface area contributed by atoms with Crippen LogP contribution in [-0.4, -0.2) is 66.1 Å². The van der Waals surface area contributed by atoms with Crippen molar-refractivity contribution in [2.45, 2.75) is 13.5 Å². The number of hydrogen-bond acceptors (Lipinski definition) is 6. The largest absolute Gasteiger partial charge is 0.497 e. The lowest BCUT2D eigenvalue weighted by molar-refractivity contribution is -0.128. The first-order valence-electron chi connectivity index (χ1n) is 11.0. The van der Waals surface area contributed by atoms with E-state index < -0.39 is 0 Å². The predicted octanol–water partition coefficient (Wildman–Crippen LogP) is 3.24. The fourth-order valence-corrected chi connectivity index (χ4v) is 5.72. The number of benzene rings is 2. The normalized spacial score (nSPS) is 14.7. The Balaban J connectivity index is 1.30. The summed E-state index contributed by atoms with van der Waals surface area (Å²) in [5.41, 5.74) is 2.22. The molecule has 3 aromatic rings.